The SMILES string of the molecule is CC(=O)N[C@H]1C(O)O[C@](C)(CO)[C@@H](O)[C@@H]1O. The van der Waals surface area contributed by atoms with Crippen LogP contribution in [0.1, 0.15) is 13.8 Å². The van der Waals surface area contributed by atoms with Crippen LogP contribution >= 0.6 is 0 Å². The summed E-state index contributed by atoms with van der Waals surface area (Å²) in [5, 5.41) is 40.3. The van der Waals surface area contributed by atoms with Crippen molar-refractivity contribution in [2.24, 2.45) is 0 Å². The lowest BCUT2D eigenvalue weighted by Crippen LogP contribution is -2.68. The average molecular weight is 235 g/mol. The molecule has 7 nitrogen and oxygen atoms in total. The smallest absolute Gasteiger partial charge is 0.217 e. The third kappa shape index (κ3) is 2.33. The summed E-state index contributed by atoms with van der Waals surface area (Å²) >= 11 is 0. The maximum absolute atomic E-state index is 10.8. The van der Waals surface area contributed by atoms with Crippen molar-refractivity contribution in [1.29, 1.82) is 0 Å². The predicted octanol–water partition coefficient (Wildman–Crippen LogP) is -2.69. The first kappa shape index (κ1) is 13.3. The molecule has 1 amide bonds. The highest BCUT2D eigenvalue weighted by molar-refractivity contribution is 5.73. The van der Waals surface area contributed by atoms with Crippen molar-refractivity contribution in [2.45, 2.75) is 44.0 Å². The van der Waals surface area contributed by atoms with E-state index in [0.717, 1.165) is 0 Å². The molecule has 0 spiro atoms. The van der Waals surface area contributed by atoms with E-state index in [4.69, 9.17) is 9.84 Å². The topological polar surface area (TPSA) is 119 Å². The van der Waals surface area contributed by atoms with E-state index in [1.54, 1.807) is 0 Å². The molecule has 5 atom stereocenters. The molecule has 7 heteroatoms. The average Bonchev–Trinajstić information content (AvgIpc) is 2.21. The van der Waals surface area contributed by atoms with E-state index in [1.807, 2.05) is 0 Å². The van der Waals surface area contributed by atoms with Gasteiger partial charge in [-0.3, -0.25) is 4.79 Å². The van der Waals surface area contributed by atoms with Crippen LogP contribution in [0, 0.1) is 0 Å². The van der Waals surface area contributed by atoms with Gasteiger partial charge in [-0.05, 0) is 6.92 Å². The van der Waals surface area contributed by atoms with Gasteiger partial charge in [0.1, 0.15) is 23.9 Å². The van der Waals surface area contributed by atoms with Crippen LogP contribution in [-0.4, -0.2) is 63.1 Å². The van der Waals surface area contributed by atoms with E-state index < -0.39 is 42.7 Å². The molecule has 0 aromatic heterocycles. The molecule has 1 aliphatic rings. The Morgan fingerprint density at radius 3 is 2.44 bits per heavy atom. The maximum atomic E-state index is 10.8. The molecular weight excluding hydrogens is 218 g/mol. The molecule has 1 fully saturated rings. The molecular formula is C9H17NO6. The summed E-state index contributed by atoms with van der Waals surface area (Å²) in [5.74, 6) is -0.466. The van der Waals surface area contributed by atoms with Gasteiger partial charge in [-0.2, -0.15) is 0 Å². The molecule has 1 heterocycles. The molecule has 0 aliphatic carbocycles. The van der Waals surface area contributed by atoms with Crippen LogP contribution in [-0.2, 0) is 9.53 Å². The Hall–Kier alpha value is -0.730. The zero-order valence-electron chi connectivity index (χ0n) is 9.12. The van der Waals surface area contributed by atoms with Crippen LogP contribution in [0.5, 0.6) is 0 Å². The largest absolute Gasteiger partial charge is 0.393 e. The number of ether oxygens (including phenoxy) is 1. The van der Waals surface area contributed by atoms with Gasteiger partial charge in [-0.15, -0.1) is 0 Å². The molecule has 1 rings (SSSR count). The zero-order valence-corrected chi connectivity index (χ0v) is 9.12. The first-order valence-electron chi connectivity index (χ1n) is 4.92. The predicted molar refractivity (Wildman–Crippen MR) is 52.2 cm³/mol. The van der Waals surface area contributed by atoms with Crippen LogP contribution in [0.25, 0.3) is 0 Å². The number of hydrogen-bond acceptors (Lipinski definition) is 6. The van der Waals surface area contributed by atoms with Gasteiger partial charge in [-0.1, -0.05) is 0 Å². The monoisotopic (exact) mass is 235 g/mol. The highest BCUT2D eigenvalue weighted by Gasteiger charge is 2.50. The van der Waals surface area contributed by atoms with Crippen molar-refractivity contribution in [3.63, 3.8) is 0 Å². The Bertz CT molecular complexity index is 273. The summed E-state index contributed by atoms with van der Waals surface area (Å²) in [7, 11) is 0. The lowest BCUT2D eigenvalue weighted by Gasteiger charge is -2.46. The fourth-order valence-electron chi connectivity index (χ4n) is 1.67. The van der Waals surface area contributed by atoms with Gasteiger partial charge < -0.3 is 30.5 Å². The molecule has 0 saturated carbocycles. The number of amides is 1. The fraction of sp³-hybridized carbons (Fsp3) is 0.889. The Kier molecular flexibility index (Phi) is 3.87. The second-order valence-corrected chi connectivity index (χ2v) is 4.14. The Morgan fingerprint density at radius 1 is 1.44 bits per heavy atom. The van der Waals surface area contributed by atoms with Gasteiger partial charge in [-0.25, -0.2) is 0 Å². The lowest BCUT2D eigenvalue weighted by atomic mass is 9.87. The van der Waals surface area contributed by atoms with E-state index in [9.17, 15) is 20.1 Å². The molecule has 16 heavy (non-hydrogen) atoms. The highest BCUT2D eigenvalue weighted by Crippen LogP contribution is 2.28. The normalized spacial score (nSPS) is 44.1. The quantitative estimate of drug-likeness (QED) is 0.355. The van der Waals surface area contributed by atoms with E-state index in [2.05, 4.69) is 5.32 Å². The molecule has 1 aliphatic heterocycles. The third-order valence-electron chi connectivity index (χ3n) is 2.70. The minimum absolute atomic E-state index is 0.466. The van der Waals surface area contributed by atoms with Crippen molar-refractivity contribution in [3.05, 3.63) is 0 Å². The standard InChI is InChI=1S/C9H17NO6/c1-4(12)10-5-6(13)7(14)9(2,3-11)16-8(5)15/h5-8,11,13-15H,3H2,1-2H3,(H,10,12)/t5-,6-,7+,8?,9-/m1/s1. The summed E-state index contributed by atoms with van der Waals surface area (Å²) in [5.41, 5.74) is -1.45. The third-order valence-corrected chi connectivity index (χ3v) is 2.70. The molecule has 1 saturated heterocycles. The van der Waals surface area contributed by atoms with Crippen molar-refractivity contribution in [2.75, 3.05) is 6.61 Å². The number of rotatable bonds is 2. The van der Waals surface area contributed by atoms with E-state index in [0.29, 0.717) is 0 Å². The van der Waals surface area contributed by atoms with Crippen molar-refractivity contribution in [3.8, 4) is 0 Å². The van der Waals surface area contributed by atoms with Crippen LogP contribution in [0.2, 0.25) is 0 Å². The second kappa shape index (κ2) is 4.64. The molecule has 0 aromatic rings. The Balaban J connectivity index is 2.83. The van der Waals surface area contributed by atoms with Crippen LogP contribution in [0.15, 0.2) is 0 Å². The van der Waals surface area contributed by atoms with Crippen molar-refractivity contribution >= 4 is 5.91 Å². The van der Waals surface area contributed by atoms with Crippen molar-refractivity contribution < 1.29 is 30.0 Å². The molecule has 1 unspecified atom stereocenters. The van der Waals surface area contributed by atoms with Crippen molar-refractivity contribution in [1.82, 2.24) is 5.32 Å². The Labute approximate surface area is 92.7 Å². The first-order chi connectivity index (χ1) is 7.31. The zero-order chi connectivity index (χ0) is 12.5. The number of carbonyl (C=O) groups excluding carboxylic acids is 1. The summed E-state index contributed by atoms with van der Waals surface area (Å²) in [4.78, 5) is 10.8. The van der Waals surface area contributed by atoms with Gasteiger partial charge in [0.2, 0.25) is 5.91 Å². The van der Waals surface area contributed by atoms with Gasteiger partial charge in [0, 0.05) is 6.92 Å². The van der Waals surface area contributed by atoms with Gasteiger partial charge in [0.15, 0.2) is 6.29 Å². The van der Waals surface area contributed by atoms with Gasteiger partial charge in [0.05, 0.1) is 6.61 Å². The van der Waals surface area contributed by atoms with Crippen LogP contribution in [0.4, 0.5) is 0 Å². The first-order valence-corrected chi connectivity index (χ1v) is 4.92. The number of nitrogens with one attached hydrogen (secondary N) is 1. The molecule has 5 N–H and O–H groups in total. The van der Waals surface area contributed by atoms with E-state index in [-0.39, 0.29) is 0 Å². The summed E-state index contributed by atoms with van der Waals surface area (Å²) < 4.78 is 5.00. The second-order valence-electron chi connectivity index (χ2n) is 4.14. The van der Waals surface area contributed by atoms with Crippen LogP contribution < -0.4 is 5.32 Å². The lowest BCUT2D eigenvalue weighted by molar-refractivity contribution is -0.294. The number of aliphatic hydroxyl groups excluding tert-OH is 4. The fourth-order valence-corrected chi connectivity index (χ4v) is 1.67. The number of hydrogen-bond donors (Lipinski definition) is 5. The van der Waals surface area contributed by atoms with Gasteiger partial charge >= 0.3 is 0 Å². The maximum Gasteiger partial charge on any atom is 0.217 e. The summed E-state index contributed by atoms with van der Waals surface area (Å²) in [6, 6.07) is -1.12. The van der Waals surface area contributed by atoms with Crippen LogP contribution in [0.3, 0.4) is 0 Å². The van der Waals surface area contributed by atoms with E-state index in [1.165, 1.54) is 13.8 Å². The number of carbonyl (C=O) groups is 1. The minimum atomic E-state index is -1.49. The molecule has 0 bridgehead atoms. The summed E-state index contributed by atoms with van der Waals surface area (Å²) in [6.45, 7) is 2.01. The van der Waals surface area contributed by atoms with E-state index >= 15 is 0 Å². The highest BCUT2D eigenvalue weighted by atomic mass is 16.6. The molecule has 94 valence electrons. The molecule has 0 radical (unpaired) electrons. The minimum Gasteiger partial charge on any atom is -0.393 e. The van der Waals surface area contributed by atoms with Gasteiger partial charge in [0.25, 0.3) is 0 Å². The Morgan fingerprint density at radius 2 is 2.00 bits per heavy atom. The molecule has 0 aromatic carbocycles. The number of aliphatic hydroxyl groups is 4. The summed E-state index contributed by atoms with van der Waals surface area (Å²) in [6.07, 6.45) is -4.30.